The Morgan fingerprint density at radius 2 is 2.00 bits per heavy atom. The molecule has 6 nitrogen and oxygen atoms in total. The molecule has 124 valence electrons. The highest BCUT2D eigenvalue weighted by molar-refractivity contribution is 7.89. The third-order valence-electron chi connectivity index (χ3n) is 4.11. The summed E-state index contributed by atoms with van der Waals surface area (Å²) in [5.41, 5.74) is 0.745. The molecule has 0 saturated heterocycles. The van der Waals surface area contributed by atoms with E-state index in [9.17, 15) is 17.9 Å². The molecule has 0 amide bonds. The van der Waals surface area contributed by atoms with Gasteiger partial charge in [0.25, 0.3) is 0 Å². The molecule has 23 heavy (non-hydrogen) atoms. The second kappa shape index (κ2) is 6.03. The summed E-state index contributed by atoms with van der Waals surface area (Å²) in [5, 5.41) is 13.6. The van der Waals surface area contributed by atoms with E-state index in [0.717, 1.165) is 17.7 Å². The zero-order chi connectivity index (χ0) is 16.6. The van der Waals surface area contributed by atoms with Crippen molar-refractivity contribution in [2.24, 2.45) is 13.0 Å². The van der Waals surface area contributed by atoms with E-state index in [1.54, 1.807) is 24.1 Å². The fourth-order valence-corrected chi connectivity index (χ4v) is 4.08. The number of hydrogen-bond donors (Lipinski definition) is 2. The molecule has 0 spiro atoms. The largest absolute Gasteiger partial charge is 0.393 e. The summed E-state index contributed by atoms with van der Waals surface area (Å²) in [6, 6.07) is 4.21. The van der Waals surface area contributed by atoms with Crippen LogP contribution in [0.25, 0.3) is 0 Å². The molecule has 1 aromatic heterocycles. The Hall–Kier alpha value is -1.77. The predicted octanol–water partition coefficient (Wildman–Crippen LogP) is 1.35. The highest BCUT2D eigenvalue weighted by Crippen LogP contribution is 2.38. The first-order valence-electron chi connectivity index (χ1n) is 7.29. The third-order valence-corrected chi connectivity index (χ3v) is 5.57. The molecule has 0 radical (unpaired) electrons. The topological polar surface area (TPSA) is 84.2 Å². The standard InChI is InChI=1S/C15H18FN3O3S/c1-19-9-11(8-17-19)15(10-6-13(20)7-10)18-23(21,22)14-4-2-12(16)3-5-14/h2-5,8-10,13,15,18,20H,6-7H2,1H3/t10?,13?,15-/m0/s1. The van der Waals surface area contributed by atoms with Crippen molar-refractivity contribution >= 4 is 10.0 Å². The van der Waals surface area contributed by atoms with Gasteiger partial charge in [-0.15, -0.1) is 0 Å². The Labute approximate surface area is 134 Å². The Bertz CT molecular complexity index is 783. The van der Waals surface area contributed by atoms with E-state index in [2.05, 4.69) is 9.82 Å². The number of nitrogens with zero attached hydrogens (tertiary/aromatic N) is 2. The Morgan fingerprint density at radius 3 is 2.52 bits per heavy atom. The number of halogens is 1. The van der Waals surface area contributed by atoms with Gasteiger partial charge in [0.1, 0.15) is 5.82 Å². The number of benzene rings is 1. The lowest BCUT2D eigenvalue weighted by atomic mass is 9.76. The molecular formula is C15H18FN3O3S. The molecule has 2 N–H and O–H groups in total. The van der Waals surface area contributed by atoms with Crippen LogP contribution in [-0.2, 0) is 17.1 Å². The molecule has 1 saturated carbocycles. The van der Waals surface area contributed by atoms with Gasteiger partial charge in [-0.05, 0) is 43.0 Å². The molecule has 1 aliphatic rings. The highest BCUT2D eigenvalue weighted by Gasteiger charge is 2.37. The van der Waals surface area contributed by atoms with Gasteiger partial charge in [0.2, 0.25) is 10.0 Å². The lowest BCUT2D eigenvalue weighted by Gasteiger charge is -2.37. The molecule has 0 aliphatic heterocycles. The van der Waals surface area contributed by atoms with Crippen molar-refractivity contribution in [3.05, 3.63) is 48.0 Å². The van der Waals surface area contributed by atoms with Gasteiger partial charge in [0.15, 0.2) is 0 Å². The number of aromatic nitrogens is 2. The van der Waals surface area contributed by atoms with Gasteiger partial charge >= 0.3 is 0 Å². The molecule has 1 heterocycles. The van der Waals surface area contributed by atoms with Crippen LogP contribution in [0.4, 0.5) is 4.39 Å². The third kappa shape index (κ3) is 3.44. The van der Waals surface area contributed by atoms with Gasteiger partial charge in [0.05, 0.1) is 23.2 Å². The monoisotopic (exact) mass is 339 g/mol. The number of rotatable bonds is 5. The quantitative estimate of drug-likeness (QED) is 0.861. The molecule has 1 fully saturated rings. The van der Waals surface area contributed by atoms with Crippen molar-refractivity contribution in [1.82, 2.24) is 14.5 Å². The Balaban J connectivity index is 1.87. The number of aryl methyl sites for hydroxylation is 1. The van der Waals surface area contributed by atoms with Crippen LogP contribution >= 0.6 is 0 Å². The SMILES string of the molecule is Cn1cc([C@@H](NS(=O)(=O)c2ccc(F)cc2)C2CC(O)C2)cn1. The van der Waals surface area contributed by atoms with Crippen molar-refractivity contribution in [2.75, 3.05) is 0 Å². The van der Waals surface area contributed by atoms with E-state index in [1.807, 2.05) is 0 Å². The zero-order valence-corrected chi connectivity index (χ0v) is 13.4. The van der Waals surface area contributed by atoms with Crippen LogP contribution in [0.15, 0.2) is 41.6 Å². The van der Waals surface area contributed by atoms with Gasteiger partial charge in [-0.1, -0.05) is 0 Å². The summed E-state index contributed by atoms with van der Waals surface area (Å²) in [7, 11) is -2.03. The minimum atomic E-state index is -3.79. The molecule has 3 rings (SSSR count). The molecular weight excluding hydrogens is 321 g/mol. The molecule has 2 aromatic rings. The highest BCUT2D eigenvalue weighted by atomic mass is 32.2. The maximum Gasteiger partial charge on any atom is 0.241 e. The summed E-state index contributed by atoms with van der Waals surface area (Å²) in [4.78, 5) is 0.00709. The van der Waals surface area contributed by atoms with Crippen LogP contribution in [0, 0.1) is 11.7 Å². The van der Waals surface area contributed by atoms with Crippen molar-refractivity contribution in [1.29, 1.82) is 0 Å². The molecule has 1 atom stereocenters. The minimum Gasteiger partial charge on any atom is -0.393 e. The van der Waals surface area contributed by atoms with Gasteiger partial charge < -0.3 is 5.11 Å². The van der Waals surface area contributed by atoms with Crippen molar-refractivity contribution in [2.45, 2.75) is 29.9 Å². The second-order valence-corrected chi connectivity index (χ2v) is 7.60. The Kier molecular flexibility index (Phi) is 4.22. The van der Waals surface area contributed by atoms with Crippen LogP contribution < -0.4 is 4.72 Å². The number of aliphatic hydroxyl groups excluding tert-OH is 1. The number of aliphatic hydroxyl groups is 1. The molecule has 8 heteroatoms. The summed E-state index contributed by atoms with van der Waals surface area (Å²) >= 11 is 0. The summed E-state index contributed by atoms with van der Waals surface area (Å²) in [6.07, 6.45) is 4.04. The van der Waals surface area contributed by atoms with Crippen molar-refractivity contribution in [3.8, 4) is 0 Å². The lowest BCUT2D eigenvalue weighted by Crippen LogP contribution is -2.41. The van der Waals surface area contributed by atoms with Crippen LogP contribution in [0.2, 0.25) is 0 Å². The van der Waals surface area contributed by atoms with Crippen LogP contribution in [0.3, 0.4) is 0 Å². The van der Waals surface area contributed by atoms with Gasteiger partial charge in [-0.3, -0.25) is 4.68 Å². The van der Waals surface area contributed by atoms with Crippen LogP contribution in [0.1, 0.15) is 24.4 Å². The van der Waals surface area contributed by atoms with Crippen LogP contribution in [-0.4, -0.2) is 29.4 Å². The number of nitrogens with one attached hydrogen (secondary N) is 1. The van der Waals surface area contributed by atoms with Gasteiger partial charge in [-0.2, -0.15) is 5.10 Å². The first kappa shape index (κ1) is 16.1. The fraction of sp³-hybridized carbons (Fsp3) is 0.400. The van der Waals surface area contributed by atoms with E-state index >= 15 is 0 Å². The molecule has 1 aliphatic carbocycles. The fourth-order valence-electron chi connectivity index (χ4n) is 2.79. The molecule has 0 unspecified atom stereocenters. The van der Waals surface area contributed by atoms with Gasteiger partial charge in [0, 0.05) is 18.8 Å². The van der Waals surface area contributed by atoms with E-state index in [4.69, 9.17) is 0 Å². The van der Waals surface area contributed by atoms with Gasteiger partial charge in [-0.25, -0.2) is 17.5 Å². The number of sulfonamides is 1. The molecule has 1 aromatic carbocycles. The Morgan fingerprint density at radius 1 is 1.35 bits per heavy atom. The second-order valence-electron chi connectivity index (χ2n) is 5.89. The van der Waals surface area contributed by atoms with Crippen LogP contribution in [0.5, 0.6) is 0 Å². The maximum absolute atomic E-state index is 13.0. The first-order valence-corrected chi connectivity index (χ1v) is 8.78. The van der Waals surface area contributed by atoms with E-state index in [0.29, 0.717) is 12.8 Å². The summed E-state index contributed by atoms with van der Waals surface area (Å²) in [6.45, 7) is 0. The predicted molar refractivity (Wildman–Crippen MR) is 81.4 cm³/mol. The summed E-state index contributed by atoms with van der Waals surface area (Å²) < 4.78 is 42.3. The average Bonchev–Trinajstić information content (AvgIpc) is 2.89. The first-order chi connectivity index (χ1) is 10.8. The van der Waals surface area contributed by atoms with E-state index < -0.39 is 28.0 Å². The zero-order valence-electron chi connectivity index (χ0n) is 12.6. The minimum absolute atomic E-state index is 0.00410. The maximum atomic E-state index is 13.0. The molecule has 0 bridgehead atoms. The lowest BCUT2D eigenvalue weighted by molar-refractivity contribution is 0.0280. The van der Waals surface area contributed by atoms with Crippen molar-refractivity contribution < 1.29 is 17.9 Å². The smallest absolute Gasteiger partial charge is 0.241 e. The van der Waals surface area contributed by atoms with E-state index in [-0.39, 0.29) is 10.8 Å². The summed E-state index contributed by atoms with van der Waals surface area (Å²) in [5.74, 6) is -0.487. The normalized spacial score (nSPS) is 22.6. The van der Waals surface area contributed by atoms with E-state index in [1.165, 1.54) is 12.1 Å². The average molecular weight is 339 g/mol. The number of hydrogen-bond acceptors (Lipinski definition) is 4. The van der Waals surface area contributed by atoms with Crippen molar-refractivity contribution in [3.63, 3.8) is 0 Å².